The molecule has 1 fully saturated rings. The zero-order valence-corrected chi connectivity index (χ0v) is 12.1. The van der Waals surface area contributed by atoms with E-state index >= 15 is 0 Å². The minimum absolute atomic E-state index is 0.243. The Kier molecular flexibility index (Phi) is 4.25. The SMILES string of the molecule is COC(=O)c1ccccc1CN1CCC(C)(C)CC1. The Morgan fingerprint density at radius 3 is 2.53 bits per heavy atom. The van der Waals surface area contributed by atoms with Crippen LogP contribution in [0.2, 0.25) is 0 Å². The molecule has 0 unspecified atom stereocenters. The number of rotatable bonds is 3. The average molecular weight is 261 g/mol. The summed E-state index contributed by atoms with van der Waals surface area (Å²) in [5.74, 6) is -0.243. The number of esters is 1. The molecule has 104 valence electrons. The molecule has 3 nitrogen and oxygen atoms in total. The molecule has 2 rings (SSSR count). The predicted octanol–water partition coefficient (Wildman–Crippen LogP) is 3.10. The van der Waals surface area contributed by atoms with Crippen molar-refractivity contribution >= 4 is 5.97 Å². The van der Waals surface area contributed by atoms with E-state index in [1.54, 1.807) is 0 Å². The van der Waals surface area contributed by atoms with Crippen LogP contribution >= 0.6 is 0 Å². The first kappa shape index (κ1) is 14.1. The first-order valence-corrected chi connectivity index (χ1v) is 6.90. The molecule has 1 aliphatic heterocycles. The Balaban J connectivity index is 2.06. The van der Waals surface area contributed by atoms with Crippen molar-refractivity contribution < 1.29 is 9.53 Å². The van der Waals surface area contributed by atoms with Gasteiger partial charge in [0.25, 0.3) is 0 Å². The third-order valence-corrected chi connectivity index (χ3v) is 4.03. The summed E-state index contributed by atoms with van der Waals surface area (Å²) >= 11 is 0. The monoisotopic (exact) mass is 261 g/mol. The summed E-state index contributed by atoms with van der Waals surface area (Å²) in [4.78, 5) is 14.2. The van der Waals surface area contributed by atoms with Gasteiger partial charge >= 0.3 is 5.97 Å². The van der Waals surface area contributed by atoms with Crippen LogP contribution in [0.1, 0.15) is 42.6 Å². The van der Waals surface area contributed by atoms with E-state index in [-0.39, 0.29) is 5.97 Å². The molecule has 1 aromatic rings. The molecule has 0 spiro atoms. The van der Waals surface area contributed by atoms with Gasteiger partial charge in [-0.3, -0.25) is 4.90 Å². The van der Waals surface area contributed by atoms with Gasteiger partial charge in [0.15, 0.2) is 0 Å². The van der Waals surface area contributed by atoms with Gasteiger partial charge in [0.1, 0.15) is 0 Å². The van der Waals surface area contributed by atoms with E-state index in [2.05, 4.69) is 18.7 Å². The highest BCUT2D eigenvalue weighted by atomic mass is 16.5. The van der Waals surface area contributed by atoms with Gasteiger partial charge < -0.3 is 4.74 Å². The maximum absolute atomic E-state index is 11.7. The van der Waals surface area contributed by atoms with Crippen LogP contribution in [0.3, 0.4) is 0 Å². The Hall–Kier alpha value is -1.35. The first-order chi connectivity index (χ1) is 9.02. The number of ether oxygens (including phenoxy) is 1. The number of carbonyl (C=O) groups is 1. The molecule has 3 heteroatoms. The van der Waals surface area contributed by atoms with Crippen LogP contribution in [-0.2, 0) is 11.3 Å². The summed E-state index contributed by atoms with van der Waals surface area (Å²) in [6.07, 6.45) is 2.43. The number of nitrogens with zero attached hydrogens (tertiary/aromatic N) is 1. The largest absolute Gasteiger partial charge is 0.465 e. The summed E-state index contributed by atoms with van der Waals surface area (Å²) < 4.78 is 4.84. The highest BCUT2D eigenvalue weighted by Gasteiger charge is 2.25. The molecule has 0 atom stereocenters. The molecule has 0 aliphatic carbocycles. The van der Waals surface area contributed by atoms with Crippen molar-refractivity contribution in [3.8, 4) is 0 Å². The Labute approximate surface area is 115 Å². The summed E-state index contributed by atoms with van der Waals surface area (Å²) in [6, 6.07) is 7.73. The second-order valence-electron chi connectivity index (χ2n) is 6.09. The summed E-state index contributed by atoms with van der Waals surface area (Å²) in [5.41, 5.74) is 2.21. The molecular formula is C16H23NO2. The smallest absolute Gasteiger partial charge is 0.338 e. The standard InChI is InChI=1S/C16H23NO2/c1-16(2)8-10-17(11-9-16)12-13-6-4-5-7-14(13)15(18)19-3/h4-7H,8-12H2,1-3H3. The molecule has 0 N–H and O–H groups in total. The van der Waals surface area contributed by atoms with Gasteiger partial charge in [-0.05, 0) is 43.0 Å². The zero-order valence-electron chi connectivity index (χ0n) is 12.1. The lowest BCUT2D eigenvalue weighted by molar-refractivity contribution is 0.0596. The molecule has 0 bridgehead atoms. The molecule has 1 saturated heterocycles. The Bertz CT molecular complexity index is 444. The summed E-state index contributed by atoms with van der Waals surface area (Å²) in [5, 5.41) is 0. The lowest BCUT2D eigenvalue weighted by Gasteiger charge is -2.37. The quantitative estimate of drug-likeness (QED) is 0.783. The number of methoxy groups -OCH3 is 1. The first-order valence-electron chi connectivity index (χ1n) is 6.90. The van der Waals surface area contributed by atoms with Crippen LogP contribution in [0, 0.1) is 5.41 Å². The van der Waals surface area contributed by atoms with Crippen LogP contribution in [0.15, 0.2) is 24.3 Å². The second-order valence-corrected chi connectivity index (χ2v) is 6.09. The van der Waals surface area contributed by atoms with Crippen LogP contribution < -0.4 is 0 Å². The van der Waals surface area contributed by atoms with E-state index in [4.69, 9.17) is 4.74 Å². The van der Waals surface area contributed by atoms with E-state index in [1.807, 2.05) is 24.3 Å². The highest BCUT2D eigenvalue weighted by molar-refractivity contribution is 5.90. The van der Waals surface area contributed by atoms with Gasteiger partial charge in [0.2, 0.25) is 0 Å². The van der Waals surface area contributed by atoms with Crippen molar-refractivity contribution in [2.75, 3.05) is 20.2 Å². The van der Waals surface area contributed by atoms with E-state index in [0.29, 0.717) is 11.0 Å². The molecule has 0 amide bonds. The number of hydrogen-bond acceptors (Lipinski definition) is 3. The molecule has 0 saturated carbocycles. The second kappa shape index (κ2) is 5.74. The van der Waals surface area contributed by atoms with Crippen molar-refractivity contribution in [3.05, 3.63) is 35.4 Å². The lowest BCUT2D eigenvalue weighted by atomic mass is 9.82. The van der Waals surface area contributed by atoms with Crippen LogP contribution in [0.25, 0.3) is 0 Å². The van der Waals surface area contributed by atoms with Gasteiger partial charge in [0, 0.05) is 6.54 Å². The molecule has 1 aliphatic rings. The number of piperidine rings is 1. The maximum atomic E-state index is 11.7. The molecule has 0 radical (unpaired) electrons. The zero-order chi connectivity index (χ0) is 13.9. The molecular weight excluding hydrogens is 238 g/mol. The van der Waals surface area contributed by atoms with Crippen molar-refractivity contribution in [2.45, 2.75) is 33.2 Å². The average Bonchev–Trinajstić information content (AvgIpc) is 2.41. The maximum Gasteiger partial charge on any atom is 0.338 e. The van der Waals surface area contributed by atoms with Crippen molar-refractivity contribution in [2.24, 2.45) is 5.41 Å². The summed E-state index contributed by atoms with van der Waals surface area (Å²) in [6.45, 7) is 7.69. The van der Waals surface area contributed by atoms with E-state index in [0.717, 1.165) is 25.2 Å². The van der Waals surface area contributed by atoms with Gasteiger partial charge in [0.05, 0.1) is 12.7 Å². The topological polar surface area (TPSA) is 29.5 Å². The van der Waals surface area contributed by atoms with Crippen molar-refractivity contribution in [1.29, 1.82) is 0 Å². The van der Waals surface area contributed by atoms with Gasteiger partial charge in [-0.1, -0.05) is 32.0 Å². The fourth-order valence-corrected chi connectivity index (χ4v) is 2.52. The van der Waals surface area contributed by atoms with E-state index in [1.165, 1.54) is 20.0 Å². The molecule has 1 heterocycles. The Morgan fingerprint density at radius 2 is 1.89 bits per heavy atom. The fourth-order valence-electron chi connectivity index (χ4n) is 2.52. The third-order valence-electron chi connectivity index (χ3n) is 4.03. The third kappa shape index (κ3) is 3.57. The molecule has 19 heavy (non-hydrogen) atoms. The molecule has 1 aromatic carbocycles. The lowest BCUT2D eigenvalue weighted by Crippen LogP contribution is -2.37. The Morgan fingerprint density at radius 1 is 1.26 bits per heavy atom. The van der Waals surface area contributed by atoms with Crippen LogP contribution in [0.4, 0.5) is 0 Å². The van der Waals surface area contributed by atoms with Crippen LogP contribution in [0.5, 0.6) is 0 Å². The summed E-state index contributed by atoms with van der Waals surface area (Å²) in [7, 11) is 1.43. The van der Waals surface area contributed by atoms with Gasteiger partial charge in [-0.15, -0.1) is 0 Å². The van der Waals surface area contributed by atoms with Crippen LogP contribution in [-0.4, -0.2) is 31.1 Å². The number of benzene rings is 1. The highest BCUT2D eigenvalue weighted by Crippen LogP contribution is 2.30. The van der Waals surface area contributed by atoms with Crippen molar-refractivity contribution in [3.63, 3.8) is 0 Å². The number of carbonyl (C=O) groups excluding carboxylic acids is 1. The minimum Gasteiger partial charge on any atom is -0.465 e. The van der Waals surface area contributed by atoms with Gasteiger partial charge in [-0.25, -0.2) is 4.79 Å². The predicted molar refractivity (Wildman–Crippen MR) is 76.1 cm³/mol. The minimum atomic E-state index is -0.243. The number of likely N-dealkylation sites (tertiary alicyclic amines) is 1. The van der Waals surface area contributed by atoms with Gasteiger partial charge in [-0.2, -0.15) is 0 Å². The fraction of sp³-hybridized carbons (Fsp3) is 0.562. The number of hydrogen-bond donors (Lipinski definition) is 0. The normalized spacial score (nSPS) is 19.1. The van der Waals surface area contributed by atoms with E-state index < -0.39 is 0 Å². The van der Waals surface area contributed by atoms with Crippen molar-refractivity contribution in [1.82, 2.24) is 4.90 Å². The van der Waals surface area contributed by atoms with E-state index in [9.17, 15) is 4.79 Å². The molecule has 0 aromatic heterocycles.